The molecule has 0 saturated carbocycles. The largest absolute Gasteiger partial charge is 0.490 e. The number of nitrogens with one attached hydrogen (secondary N) is 1. The van der Waals surface area contributed by atoms with E-state index in [2.05, 4.69) is 15.2 Å². The second-order valence-corrected chi connectivity index (χ2v) is 7.43. The van der Waals surface area contributed by atoms with Gasteiger partial charge in [-0.05, 0) is 39.0 Å². The highest BCUT2D eigenvalue weighted by Crippen LogP contribution is 2.23. The number of hydrogen-bond donors (Lipinski definition) is 2. The molecule has 0 radical (unpaired) electrons. The summed E-state index contributed by atoms with van der Waals surface area (Å²) in [7, 11) is 0. The second-order valence-electron chi connectivity index (χ2n) is 7.43. The van der Waals surface area contributed by atoms with E-state index in [0.29, 0.717) is 25.6 Å². The molecule has 1 aromatic heterocycles. The Balaban J connectivity index is 1.87. The summed E-state index contributed by atoms with van der Waals surface area (Å²) in [5, 5.41) is 6.66. The van der Waals surface area contributed by atoms with Crippen molar-refractivity contribution < 1.29 is 32.2 Å². The Morgan fingerprint density at radius 1 is 1.39 bits per heavy atom. The molecule has 1 aromatic rings. The van der Waals surface area contributed by atoms with E-state index in [0.717, 1.165) is 12.8 Å². The molecule has 0 aromatic carbocycles. The number of carbonyl (C=O) groups excluding carboxylic acids is 2. The topological polar surface area (TPSA) is 108 Å². The van der Waals surface area contributed by atoms with Crippen LogP contribution in [-0.2, 0) is 25.6 Å². The van der Waals surface area contributed by atoms with Crippen molar-refractivity contribution in [2.24, 2.45) is 11.7 Å². The molecule has 0 aliphatic carbocycles. The molecule has 2 rings (SSSR count). The van der Waals surface area contributed by atoms with E-state index in [9.17, 15) is 22.8 Å². The second kappa shape index (κ2) is 8.91. The zero-order valence-corrected chi connectivity index (χ0v) is 15.8. The van der Waals surface area contributed by atoms with Crippen LogP contribution in [0.3, 0.4) is 0 Å². The molecule has 0 spiro atoms. The van der Waals surface area contributed by atoms with Gasteiger partial charge in [-0.1, -0.05) is 0 Å². The minimum absolute atomic E-state index is 0.126. The fourth-order valence-corrected chi connectivity index (χ4v) is 2.91. The van der Waals surface area contributed by atoms with Crippen LogP contribution in [0.2, 0.25) is 0 Å². The number of halogens is 3. The van der Waals surface area contributed by atoms with Gasteiger partial charge < -0.3 is 20.5 Å². The third kappa shape index (κ3) is 6.79. The number of alkyl halides is 3. The van der Waals surface area contributed by atoms with E-state index in [1.165, 1.54) is 30.8 Å². The number of nitrogens with zero attached hydrogens (tertiary/aromatic N) is 2. The molecule has 28 heavy (non-hydrogen) atoms. The predicted molar refractivity (Wildman–Crippen MR) is 93.2 cm³/mol. The van der Waals surface area contributed by atoms with E-state index < -0.39 is 23.8 Å². The number of ether oxygens (including phenoxy) is 2. The fraction of sp³-hybridized carbons (Fsp3) is 0.706. The average Bonchev–Trinajstić information content (AvgIpc) is 3.00. The highest BCUT2D eigenvalue weighted by molar-refractivity contribution is 5.93. The Morgan fingerprint density at radius 3 is 2.64 bits per heavy atom. The zero-order chi connectivity index (χ0) is 20.9. The number of hydrogen-bond acceptors (Lipinski definition) is 6. The quantitative estimate of drug-likeness (QED) is 0.669. The maximum Gasteiger partial charge on any atom is 0.490 e. The van der Waals surface area contributed by atoms with Gasteiger partial charge in [-0.2, -0.15) is 18.3 Å². The Hall–Kier alpha value is -2.14. The number of amides is 1. The molecule has 1 amide bonds. The number of esters is 1. The van der Waals surface area contributed by atoms with Crippen LogP contribution in [0.15, 0.2) is 12.3 Å². The molecule has 0 bridgehead atoms. The molecule has 1 saturated heterocycles. The summed E-state index contributed by atoms with van der Waals surface area (Å²) in [5.74, 6) is -2.11. The van der Waals surface area contributed by atoms with Crippen molar-refractivity contribution >= 4 is 17.7 Å². The summed E-state index contributed by atoms with van der Waals surface area (Å²) < 4.78 is 48.1. The molecular formula is C17H25F3N4O4. The normalized spacial score (nSPS) is 17.2. The molecule has 8 nitrogen and oxygen atoms in total. The van der Waals surface area contributed by atoms with Gasteiger partial charge in [-0.15, -0.1) is 0 Å². The van der Waals surface area contributed by atoms with Crippen molar-refractivity contribution in [3.05, 3.63) is 12.3 Å². The van der Waals surface area contributed by atoms with Crippen LogP contribution in [-0.4, -0.2) is 52.7 Å². The van der Waals surface area contributed by atoms with Crippen molar-refractivity contribution in [2.45, 2.75) is 57.5 Å². The number of carbonyl (C=O) groups is 2. The third-order valence-electron chi connectivity index (χ3n) is 4.30. The Kier molecular flexibility index (Phi) is 7.05. The summed E-state index contributed by atoms with van der Waals surface area (Å²) >= 11 is 0. The molecule has 1 atom stereocenters. The zero-order valence-electron chi connectivity index (χ0n) is 15.8. The SMILES string of the molecule is CC(C)(Cn1ccc(NC(=O)C(N)CC2CCOCC2)n1)OC(=O)C(F)(F)F. The van der Waals surface area contributed by atoms with Crippen molar-refractivity contribution in [1.82, 2.24) is 9.78 Å². The van der Waals surface area contributed by atoms with Crippen LogP contribution < -0.4 is 11.1 Å². The lowest BCUT2D eigenvalue weighted by atomic mass is 9.92. The van der Waals surface area contributed by atoms with Crippen LogP contribution >= 0.6 is 0 Å². The Labute approximate surface area is 160 Å². The molecule has 11 heteroatoms. The first-order valence-corrected chi connectivity index (χ1v) is 8.94. The molecular weight excluding hydrogens is 381 g/mol. The van der Waals surface area contributed by atoms with Crippen LogP contribution in [0.5, 0.6) is 0 Å². The van der Waals surface area contributed by atoms with Gasteiger partial charge in [-0.25, -0.2) is 4.79 Å². The number of anilines is 1. The summed E-state index contributed by atoms with van der Waals surface area (Å²) in [6.45, 7) is 3.87. The molecule has 2 heterocycles. The van der Waals surface area contributed by atoms with Gasteiger partial charge in [0.1, 0.15) is 5.60 Å². The van der Waals surface area contributed by atoms with Gasteiger partial charge in [0.2, 0.25) is 5.91 Å². The molecule has 158 valence electrons. The first kappa shape index (κ1) is 22.2. The summed E-state index contributed by atoms with van der Waals surface area (Å²) in [5.41, 5.74) is 4.50. The van der Waals surface area contributed by atoms with Gasteiger partial charge in [0.25, 0.3) is 0 Å². The average molecular weight is 406 g/mol. The maximum absolute atomic E-state index is 12.3. The molecule has 1 fully saturated rings. The van der Waals surface area contributed by atoms with Gasteiger partial charge in [0, 0.05) is 25.5 Å². The van der Waals surface area contributed by atoms with E-state index in [4.69, 9.17) is 10.5 Å². The van der Waals surface area contributed by atoms with E-state index in [-0.39, 0.29) is 18.3 Å². The smallest absolute Gasteiger partial charge is 0.451 e. The number of aromatic nitrogens is 2. The Morgan fingerprint density at radius 2 is 2.04 bits per heavy atom. The van der Waals surface area contributed by atoms with Crippen LogP contribution in [0.4, 0.5) is 19.0 Å². The fourth-order valence-electron chi connectivity index (χ4n) is 2.91. The molecule has 1 aliphatic rings. The highest BCUT2D eigenvalue weighted by Gasteiger charge is 2.44. The van der Waals surface area contributed by atoms with Gasteiger partial charge in [-0.3, -0.25) is 9.48 Å². The molecule has 3 N–H and O–H groups in total. The standard InChI is InChI=1S/C17H25F3N4O4/c1-16(2,28-15(26)17(18,19)20)10-24-6-3-13(23-24)22-14(25)12(21)9-11-4-7-27-8-5-11/h3,6,11-12H,4-5,7-10,21H2,1-2H3,(H,22,23,25). The lowest BCUT2D eigenvalue weighted by Crippen LogP contribution is -2.39. The maximum atomic E-state index is 12.3. The predicted octanol–water partition coefficient (Wildman–Crippen LogP) is 1.85. The van der Waals surface area contributed by atoms with Crippen LogP contribution in [0.1, 0.15) is 33.1 Å². The van der Waals surface area contributed by atoms with Crippen molar-refractivity contribution in [3.63, 3.8) is 0 Å². The Bertz CT molecular complexity index is 684. The number of nitrogens with two attached hydrogens (primary N) is 1. The first-order valence-electron chi connectivity index (χ1n) is 8.94. The first-order chi connectivity index (χ1) is 13.0. The third-order valence-corrected chi connectivity index (χ3v) is 4.30. The molecule has 1 aliphatic heterocycles. The molecule has 1 unspecified atom stereocenters. The number of rotatable bonds is 7. The van der Waals surface area contributed by atoms with Crippen molar-refractivity contribution in [1.29, 1.82) is 0 Å². The van der Waals surface area contributed by atoms with Gasteiger partial charge >= 0.3 is 12.1 Å². The van der Waals surface area contributed by atoms with Gasteiger partial charge in [0.05, 0.1) is 12.6 Å². The van der Waals surface area contributed by atoms with Crippen molar-refractivity contribution in [2.75, 3.05) is 18.5 Å². The lowest BCUT2D eigenvalue weighted by Gasteiger charge is -2.25. The summed E-state index contributed by atoms with van der Waals surface area (Å²) in [4.78, 5) is 23.2. The van der Waals surface area contributed by atoms with Crippen LogP contribution in [0.25, 0.3) is 0 Å². The highest BCUT2D eigenvalue weighted by atomic mass is 19.4. The summed E-state index contributed by atoms with van der Waals surface area (Å²) in [6, 6.07) is 0.790. The van der Waals surface area contributed by atoms with Crippen LogP contribution in [0, 0.1) is 5.92 Å². The lowest BCUT2D eigenvalue weighted by molar-refractivity contribution is -0.212. The minimum Gasteiger partial charge on any atom is -0.451 e. The van der Waals surface area contributed by atoms with Crippen molar-refractivity contribution in [3.8, 4) is 0 Å². The van der Waals surface area contributed by atoms with Gasteiger partial charge in [0.15, 0.2) is 5.82 Å². The monoisotopic (exact) mass is 406 g/mol. The van der Waals surface area contributed by atoms with E-state index in [1.807, 2.05) is 0 Å². The van der Waals surface area contributed by atoms with E-state index in [1.54, 1.807) is 0 Å². The summed E-state index contributed by atoms with van der Waals surface area (Å²) in [6.07, 6.45) is -1.34. The van der Waals surface area contributed by atoms with E-state index >= 15 is 0 Å². The minimum atomic E-state index is -5.07.